The number of amides is 4. The fraction of sp³-hybridized carbons (Fsp3) is 0.167. The highest BCUT2D eigenvalue weighted by molar-refractivity contribution is 6.31. The van der Waals surface area contributed by atoms with Gasteiger partial charge in [0.25, 0.3) is 5.91 Å². The summed E-state index contributed by atoms with van der Waals surface area (Å²) in [6.45, 7) is 1.95. The molecule has 0 aromatic heterocycles. The van der Waals surface area contributed by atoms with Crippen molar-refractivity contribution in [1.29, 1.82) is 0 Å². The summed E-state index contributed by atoms with van der Waals surface area (Å²) in [4.78, 5) is 34.4. The van der Waals surface area contributed by atoms with Crippen LogP contribution in [0.1, 0.15) is 21.5 Å². The van der Waals surface area contributed by atoms with Crippen LogP contribution in [0.3, 0.4) is 0 Å². The first-order valence-electron chi connectivity index (χ1n) is 7.81. The largest absolute Gasteiger partial charge is 0.368 e. The van der Waals surface area contributed by atoms with Crippen LogP contribution in [0, 0.1) is 6.92 Å². The fourth-order valence-electron chi connectivity index (χ4n) is 2.07. The molecule has 26 heavy (non-hydrogen) atoms. The molecule has 0 atom stereocenters. The molecular weight excluding hydrogens is 356 g/mol. The number of carbonyl (C=O) groups is 3. The molecule has 0 aliphatic carbocycles. The Morgan fingerprint density at radius 2 is 1.73 bits per heavy atom. The number of rotatable bonds is 6. The van der Waals surface area contributed by atoms with Crippen LogP contribution in [-0.4, -0.2) is 24.4 Å². The Morgan fingerprint density at radius 3 is 2.35 bits per heavy atom. The van der Waals surface area contributed by atoms with Crippen molar-refractivity contribution in [3.05, 3.63) is 64.2 Å². The lowest BCUT2D eigenvalue weighted by Crippen LogP contribution is -2.33. The second kappa shape index (κ2) is 8.87. The summed E-state index contributed by atoms with van der Waals surface area (Å²) in [6, 6.07) is 11.5. The predicted molar refractivity (Wildman–Crippen MR) is 100 cm³/mol. The van der Waals surface area contributed by atoms with Gasteiger partial charge < -0.3 is 21.7 Å². The molecule has 0 saturated carbocycles. The number of urea groups is 1. The van der Waals surface area contributed by atoms with E-state index in [1.165, 1.54) is 0 Å². The Bertz CT molecular complexity index is 822. The van der Waals surface area contributed by atoms with Gasteiger partial charge in [0.15, 0.2) is 0 Å². The van der Waals surface area contributed by atoms with Gasteiger partial charge in [-0.15, -0.1) is 0 Å². The lowest BCUT2D eigenvalue weighted by molar-refractivity contribution is -0.117. The molecule has 5 N–H and O–H groups in total. The molecule has 0 aliphatic heterocycles. The normalized spacial score (nSPS) is 10.1. The van der Waals surface area contributed by atoms with Gasteiger partial charge in [-0.1, -0.05) is 29.8 Å². The van der Waals surface area contributed by atoms with Crippen molar-refractivity contribution in [2.45, 2.75) is 13.5 Å². The standard InChI is InChI=1S/C18H19ClN4O3/c1-11-2-7-14(8-15(11)19)23-18(26)22-9-12-3-5-13(6-4-12)17(25)21-10-16(20)24/h2-8H,9-10H2,1H3,(H2,20,24)(H,21,25)(H2,22,23,26). The Labute approximate surface area is 155 Å². The van der Waals surface area contributed by atoms with E-state index >= 15 is 0 Å². The second-order valence-electron chi connectivity index (χ2n) is 5.62. The van der Waals surface area contributed by atoms with Gasteiger partial charge in [-0.2, -0.15) is 0 Å². The van der Waals surface area contributed by atoms with Gasteiger partial charge in [0.2, 0.25) is 5.91 Å². The number of carbonyl (C=O) groups excluding carboxylic acids is 3. The van der Waals surface area contributed by atoms with Crippen LogP contribution in [-0.2, 0) is 11.3 Å². The first-order valence-corrected chi connectivity index (χ1v) is 8.19. The van der Waals surface area contributed by atoms with Crippen LogP contribution in [0.2, 0.25) is 5.02 Å². The summed E-state index contributed by atoms with van der Waals surface area (Å²) >= 11 is 6.02. The highest BCUT2D eigenvalue weighted by Crippen LogP contribution is 2.19. The fourth-order valence-corrected chi connectivity index (χ4v) is 2.25. The molecule has 0 radical (unpaired) electrons. The zero-order chi connectivity index (χ0) is 19.1. The van der Waals surface area contributed by atoms with E-state index in [1.807, 2.05) is 13.0 Å². The summed E-state index contributed by atoms with van der Waals surface area (Å²) in [5, 5.41) is 8.39. The number of benzene rings is 2. The molecule has 136 valence electrons. The number of hydrogen-bond acceptors (Lipinski definition) is 3. The van der Waals surface area contributed by atoms with Gasteiger partial charge in [0.05, 0.1) is 6.54 Å². The maximum Gasteiger partial charge on any atom is 0.319 e. The Balaban J connectivity index is 1.85. The van der Waals surface area contributed by atoms with Gasteiger partial charge in [-0.3, -0.25) is 9.59 Å². The highest BCUT2D eigenvalue weighted by atomic mass is 35.5. The topological polar surface area (TPSA) is 113 Å². The van der Waals surface area contributed by atoms with Crippen LogP contribution in [0.25, 0.3) is 0 Å². The third kappa shape index (κ3) is 5.78. The molecule has 8 heteroatoms. The van der Waals surface area contributed by atoms with Gasteiger partial charge in [0.1, 0.15) is 0 Å². The van der Waals surface area contributed by atoms with E-state index < -0.39 is 11.8 Å². The highest BCUT2D eigenvalue weighted by Gasteiger charge is 2.07. The molecule has 0 unspecified atom stereocenters. The maximum absolute atomic E-state index is 11.9. The number of halogens is 1. The van der Waals surface area contributed by atoms with Crippen molar-refractivity contribution in [3.8, 4) is 0 Å². The van der Waals surface area contributed by atoms with Crippen molar-refractivity contribution >= 4 is 35.1 Å². The first kappa shape index (κ1) is 19.3. The summed E-state index contributed by atoms with van der Waals surface area (Å²) < 4.78 is 0. The molecule has 4 amide bonds. The molecule has 2 rings (SSSR count). The average Bonchev–Trinajstić information content (AvgIpc) is 2.61. The molecule has 0 fully saturated rings. The third-order valence-electron chi connectivity index (χ3n) is 3.52. The zero-order valence-corrected chi connectivity index (χ0v) is 14.9. The molecule has 7 nitrogen and oxygen atoms in total. The monoisotopic (exact) mass is 374 g/mol. The van der Waals surface area contributed by atoms with Crippen LogP contribution in [0.5, 0.6) is 0 Å². The number of aryl methyl sites for hydroxylation is 1. The minimum absolute atomic E-state index is 0.217. The predicted octanol–water partition coefficient (Wildman–Crippen LogP) is 2.19. The van der Waals surface area contributed by atoms with Crippen molar-refractivity contribution in [2.24, 2.45) is 5.73 Å². The van der Waals surface area contributed by atoms with Crippen molar-refractivity contribution in [2.75, 3.05) is 11.9 Å². The molecule has 0 bridgehead atoms. The van der Waals surface area contributed by atoms with E-state index in [-0.39, 0.29) is 19.1 Å². The molecule has 2 aromatic rings. The van der Waals surface area contributed by atoms with E-state index in [4.69, 9.17) is 17.3 Å². The van der Waals surface area contributed by atoms with Crippen molar-refractivity contribution in [3.63, 3.8) is 0 Å². The van der Waals surface area contributed by atoms with Crippen LogP contribution < -0.4 is 21.7 Å². The van der Waals surface area contributed by atoms with Crippen LogP contribution >= 0.6 is 11.6 Å². The summed E-state index contributed by atoms with van der Waals surface area (Å²) in [5.41, 5.74) is 7.71. The van der Waals surface area contributed by atoms with Gasteiger partial charge in [-0.05, 0) is 42.3 Å². The lowest BCUT2D eigenvalue weighted by atomic mass is 10.1. The summed E-state index contributed by atoms with van der Waals surface area (Å²) in [6.07, 6.45) is 0. The van der Waals surface area contributed by atoms with E-state index in [1.54, 1.807) is 36.4 Å². The van der Waals surface area contributed by atoms with Crippen molar-refractivity contribution in [1.82, 2.24) is 10.6 Å². The van der Waals surface area contributed by atoms with E-state index in [0.29, 0.717) is 16.3 Å². The van der Waals surface area contributed by atoms with Gasteiger partial charge >= 0.3 is 6.03 Å². The summed E-state index contributed by atoms with van der Waals surface area (Å²) in [5.74, 6) is -1.00. The smallest absolute Gasteiger partial charge is 0.319 e. The SMILES string of the molecule is Cc1ccc(NC(=O)NCc2ccc(C(=O)NCC(N)=O)cc2)cc1Cl. The molecule has 2 aromatic carbocycles. The molecule has 0 spiro atoms. The first-order chi connectivity index (χ1) is 12.3. The zero-order valence-electron chi connectivity index (χ0n) is 14.1. The Morgan fingerprint density at radius 1 is 1.04 bits per heavy atom. The van der Waals surface area contributed by atoms with E-state index in [0.717, 1.165) is 11.1 Å². The quantitative estimate of drug-likeness (QED) is 0.621. The molecule has 0 heterocycles. The Hall–Kier alpha value is -3.06. The number of hydrogen-bond donors (Lipinski definition) is 4. The van der Waals surface area contributed by atoms with E-state index in [9.17, 15) is 14.4 Å². The van der Waals surface area contributed by atoms with Gasteiger partial charge in [-0.25, -0.2) is 4.79 Å². The minimum Gasteiger partial charge on any atom is -0.368 e. The van der Waals surface area contributed by atoms with E-state index in [2.05, 4.69) is 16.0 Å². The molecule has 0 aliphatic rings. The van der Waals surface area contributed by atoms with Gasteiger partial charge in [0, 0.05) is 22.8 Å². The minimum atomic E-state index is -0.611. The second-order valence-corrected chi connectivity index (χ2v) is 6.02. The maximum atomic E-state index is 11.9. The number of nitrogens with two attached hydrogens (primary N) is 1. The van der Waals surface area contributed by atoms with Crippen LogP contribution in [0.4, 0.5) is 10.5 Å². The lowest BCUT2D eigenvalue weighted by Gasteiger charge is -2.09. The third-order valence-corrected chi connectivity index (χ3v) is 3.93. The molecular formula is C18H19ClN4O3. The van der Waals surface area contributed by atoms with Crippen molar-refractivity contribution < 1.29 is 14.4 Å². The number of anilines is 1. The molecule has 0 saturated heterocycles. The Kier molecular flexibility index (Phi) is 6.57. The number of nitrogens with one attached hydrogen (secondary N) is 3. The summed E-state index contributed by atoms with van der Waals surface area (Å²) in [7, 11) is 0. The average molecular weight is 375 g/mol. The van der Waals surface area contributed by atoms with Crippen LogP contribution in [0.15, 0.2) is 42.5 Å². The number of primary amides is 1.